The molecule has 1 aromatic carbocycles. The van der Waals surface area contributed by atoms with Gasteiger partial charge in [-0.05, 0) is 19.1 Å². The number of para-hydroxylation sites is 1. The molecule has 0 spiro atoms. The van der Waals surface area contributed by atoms with Crippen LogP contribution in [0, 0.1) is 6.92 Å². The highest BCUT2D eigenvalue weighted by atomic mass is 16.3. The molecule has 6 heteroatoms. The van der Waals surface area contributed by atoms with Crippen LogP contribution in [0.25, 0.3) is 11.0 Å². The molecule has 2 heterocycles. The third kappa shape index (κ3) is 2.65. The molecule has 108 valence electrons. The number of aryl methyl sites for hydroxylation is 2. The summed E-state index contributed by atoms with van der Waals surface area (Å²) >= 11 is 0. The molecule has 2 aromatic heterocycles. The van der Waals surface area contributed by atoms with Crippen LogP contribution >= 0.6 is 0 Å². The molecule has 0 unspecified atom stereocenters. The summed E-state index contributed by atoms with van der Waals surface area (Å²) in [6.45, 7) is 2.37. The number of nitrogens with one attached hydrogen (secondary N) is 1. The van der Waals surface area contributed by atoms with E-state index in [-0.39, 0.29) is 5.91 Å². The largest absolute Gasteiger partial charge is 0.461 e. The van der Waals surface area contributed by atoms with Gasteiger partial charge in [-0.25, -0.2) is 4.98 Å². The summed E-state index contributed by atoms with van der Waals surface area (Å²) in [6, 6.07) is 7.48. The maximum Gasteiger partial charge on any atom is 0.255 e. The van der Waals surface area contributed by atoms with E-state index in [4.69, 9.17) is 4.42 Å². The number of nitrogens with zero attached hydrogens (tertiary/aromatic N) is 3. The minimum atomic E-state index is -0.142. The fourth-order valence-corrected chi connectivity index (χ4v) is 2.30. The third-order valence-electron chi connectivity index (χ3n) is 3.35. The lowest BCUT2D eigenvalue weighted by molar-refractivity contribution is 0.0954. The molecule has 0 saturated carbocycles. The summed E-state index contributed by atoms with van der Waals surface area (Å²) < 4.78 is 7.30. The molecule has 21 heavy (non-hydrogen) atoms. The van der Waals surface area contributed by atoms with Crippen molar-refractivity contribution in [1.82, 2.24) is 20.1 Å². The highest BCUT2D eigenvalue weighted by Gasteiger charge is 2.13. The van der Waals surface area contributed by atoms with Crippen molar-refractivity contribution in [1.29, 1.82) is 0 Å². The van der Waals surface area contributed by atoms with Gasteiger partial charge in [0, 0.05) is 25.4 Å². The van der Waals surface area contributed by atoms with Crippen LogP contribution in [0.1, 0.15) is 21.9 Å². The van der Waals surface area contributed by atoms with E-state index in [1.54, 1.807) is 10.7 Å². The zero-order valence-corrected chi connectivity index (χ0v) is 12.0. The maximum atomic E-state index is 12.3. The molecule has 0 aliphatic heterocycles. The van der Waals surface area contributed by atoms with Gasteiger partial charge in [-0.15, -0.1) is 0 Å². The minimum absolute atomic E-state index is 0.142. The molecule has 0 aliphatic rings. The summed E-state index contributed by atoms with van der Waals surface area (Å²) in [5.41, 5.74) is 1.18. The molecule has 0 radical (unpaired) electrons. The van der Waals surface area contributed by atoms with Gasteiger partial charge in [0.15, 0.2) is 0 Å². The van der Waals surface area contributed by atoms with E-state index in [0.29, 0.717) is 24.1 Å². The first-order valence-corrected chi connectivity index (χ1v) is 6.75. The lowest BCUT2D eigenvalue weighted by atomic mass is 10.1. The van der Waals surface area contributed by atoms with Gasteiger partial charge in [-0.1, -0.05) is 12.1 Å². The average molecular weight is 284 g/mol. The topological polar surface area (TPSA) is 73.0 Å². The van der Waals surface area contributed by atoms with E-state index in [0.717, 1.165) is 17.0 Å². The number of aromatic nitrogens is 3. The number of amides is 1. The quantitative estimate of drug-likeness (QED) is 0.793. The molecule has 3 rings (SSSR count). The Kier molecular flexibility index (Phi) is 3.43. The number of carbonyl (C=O) groups is 1. The summed E-state index contributed by atoms with van der Waals surface area (Å²) in [7, 11) is 1.83. The zero-order valence-electron chi connectivity index (χ0n) is 12.0. The smallest absolute Gasteiger partial charge is 0.255 e. The summed E-state index contributed by atoms with van der Waals surface area (Å²) in [6.07, 6.45) is 2.14. The maximum absolute atomic E-state index is 12.3. The molecule has 0 fully saturated rings. The van der Waals surface area contributed by atoms with E-state index in [1.165, 1.54) is 6.33 Å². The lowest BCUT2D eigenvalue weighted by Crippen LogP contribution is -2.26. The molecular formula is C15H16N4O2. The summed E-state index contributed by atoms with van der Waals surface area (Å²) in [5, 5.41) is 7.82. The van der Waals surface area contributed by atoms with Crippen molar-refractivity contribution in [3.05, 3.63) is 47.7 Å². The van der Waals surface area contributed by atoms with Crippen LogP contribution in [-0.2, 0) is 13.5 Å². The van der Waals surface area contributed by atoms with Crippen molar-refractivity contribution in [3.8, 4) is 0 Å². The van der Waals surface area contributed by atoms with Gasteiger partial charge < -0.3 is 9.73 Å². The summed E-state index contributed by atoms with van der Waals surface area (Å²) in [4.78, 5) is 16.4. The first kappa shape index (κ1) is 13.4. The van der Waals surface area contributed by atoms with E-state index in [2.05, 4.69) is 15.4 Å². The van der Waals surface area contributed by atoms with Crippen molar-refractivity contribution in [2.75, 3.05) is 6.54 Å². The average Bonchev–Trinajstić information content (AvgIpc) is 3.03. The Labute approximate surface area is 121 Å². The van der Waals surface area contributed by atoms with Gasteiger partial charge in [0.25, 0.3) is 5.91 Å². The van der Waals surface area contributed by atoms with Gasteiger partial charge in [0.2, 0.25) is 0 Å². The van der Waals surface area contributed by atoms with Crippen LogP contribution < -0.4 is 5.32 Å². The lowest BCUT2D eigenvalue weighted by Gasteiger charge is -2.05. The number of fused-ring (bicyclic) bond motifs is 1. The Morgan fingerprint density at radius 1 is 1.43 bits per heavy atom. The number of benzene rings is 1. The molecule has 1 amide bonds. The van der Waals surface area contributed by atoms with Gasteiger partial charge in [-0.2, -0.15) is 5.10 Å². The molecule has 0 atom stereocenters. The molecule has 0 aliphatic carbocycles. The van der Waals surface area contributed by atoms with Crippen molar-refractivity contribution in [3.63, 3.8) is 0 Å². The fraction of sp³-hybridized carbons (Fsp3) is 0.267. The first-order chi connectivity index (χ1) is 10.1. The molecule has 0 saturated heterocycles. The number of hydrogen-bond acceptors (Lipinski definition) is 4. The Hall–Kier alpha value is -2.63. The van der Waals surface area contributed by atoms with Crippen molar-refractivity contribution in [2.24, 2.45) is 7.05 Å². The predicted octanol–water partition coefficient (Wildman–Crippen LogP) is 1.84. The van der Waals surface area contributed by atoms with E-state index in [1.807, 2.05) is 32.2 Å². The van der Waals surface area contributed by atoms with Crippen molar-refractivity contribution < 1.29 is 9.21 Å². The number of furan rings is 1. The van der Waals surface area contributed by atoms with E-state index >= 15 is 0 Å². The third-order valence-corrected chi connectivity index (χ3v) is 3.35. The van der Waals surface area contributed by atoms with Crippen LogP contribution in [0.2, 0.25) is 0 Å². The number of carbonyl (C=O) groups excluding carboxylic acids is 1. The molecule has 1 N–H and O–H groups in total. The standard InChI is InChI=1S/C15H16N4O2/c1-10-8-11-4-3-5-12(14(11)21-10)15(20)16-7-6-13-17-9-18-19(13)2/h3-5,8-9H,6-7H2,1-2H3,(H,16,20). The Bertz CT molecular complexity index is 788. The molecule has 0 bridgehead atoms. The Morgan fingerprint density at radius 3 is 3.05 bits per heavy atom. The van der Waals surface area contributed by atoms with Crippen molar-refractivity contribution in [2.45, 2.75) is 13.3 Å². The van der Waals surface area contributed by atoms with E-state index < -0.39 is 0 Å². The molecule has 6 nitrogen and oxygen atoms in total. The number of rotatable bonds is 4. The SMILES string of the molecule is Cc1cc2cccc(C(=O)NCCc3ncnn3C)c2o1. The second kappa shape index (κ2) is 5.40. The first-order valence-electron chi connectivity index (χ1n) is 6.75. The van der Waals surface area contributed by atoms with Crippen LogP contribution in [-0.4, -0.2) is 27.2 Å². The van der Waals surface area contributed by atoms with Crippen LogP contribution in [0.5, 0.6) is 0 Å². The van der Waals surface area contributed by atoms with Gasteiger partial charge in [0.05, 0.1) is 5.56 Å². The van der Waals surface area contributed by atoms with Crippen LogP contribution in [0.3, 0.4) is 0 Å². The van der Waals surface area contributed by atoms with Crippen molar-refractivity contribution >= 4 is 16.9 Å². The monoisotopic (exact) mass is 284 g/mol. The normalized spacial score (nSPS) is 11.0. The summed E-state index contributed by atoms with van der Waals surface area (Å²) in [5.74, 6) is 1.49. The van der Waals surface area contributed by atoms with Gasteiger partial charge in [-0.3, -0.25) is 9.48 Å². The van der Waals surface area contributed by atoms with Crippen LogP contribution in [0.15, 0.2) is 35.0 Å². The predicted molar refractivity (Wildman–Crippen MR) is 78.0 cm³/mol. The fourth-order valence-electron chi connectivity index (χ4n) is 2.30. The Morgan fingerprint density at radius 2 is 2.29 bits per heavy atom. The van der Waals surface area contributed by atoms with Crippen LogP contribution in [0.4, 0.5) is 0 Å². The second-order valence-corrected chi connectivity index (χ2v) is 4.89. The minimum Gasteiger partial charge on any atom is -0.461 e. The second-order valence-electron chi connectivity index (χ2n) is 4.89. The van der Waals surface area contributed by atoms with E-state index in [9.17, 15) is 4.79 Å². The number of hydrogen-bond donors (Lipinski definition) is 1. The van der Waals surface area contributed by atoms with Gasteiger partial charge >= 0.3 is 0 Å². The molecule has 3 aromatic rings. The Balaban J connectivity index is 1.71. The zero-order chi connectivity index (χ0) is 14.8. The van der Waals surface area contributed by atoms with Gasteiger partial charge in [0.1, 0.15) is 23.5 Å². The molecular weight excluding hydrogens is 268 g/mol. The highest BCUT2D eigenvalue weighted by Crippen LogP contribution is 2.22. The highest BCUT2D eigenvalue weighted by molar-refractivity contribution is 6.04.